The first-order valence-electron chi connectivity index (χ1n) is 5.69. The molecule has 17 heavy (non-hydrogen) atoms. The summed E-state index contributed by atoms with van der Waals surface area (Å²) >= 11 is 0. The highest BCUT2D eigenvalue weighted by Gasteiger charge is 2.71. The molecule has 2 aliphatic rings. The Kier molecular flexibility index (Phi) is 2.66. The molecule has 2 aliphatic heterocycles. The summed E-state index contributed by atoms with van der Waals surface area (Å²) in [5, 5.41) is 2.53. The fourth-order valence-electron chi connectivity index (χ4n) is 1.95. The van der Waals surface area contributed by atoms with Gasteiger partial charge in [-0.25, -0.2) is 0 Å². The maximum absolute atomic E-state index is 11.9. The average Bonchev–Trinajstić information content (AvgIpc) is 3.01. The monoisotopic (exact) mass is 237 g/mol. The highest BCUT2D eigenvalue weighted by molar-refractivity contribution is 6.23. The van der Waals surface area contributed by atoms with E-state index in [1.807, 2.05) is 6.92 Å². The van der Waals surface area contributed by atoms with E-state index in [0.29, 0.717) is 12.1 Å². The van der Waals surface area contributed by atoms with Crippen LogP contribution in [0.1, 0.15) is 27.2 Å². The Hall–Kier alpha value is -1.49. The van der Waals surface area contributed by atoms with Gasteiger partial charge in [0, 0.05) is 17.7 Å². The van der Waals surface area contributed by atoms with Crippen molar-refractivity contribution in [2.45, 2.75) is 38.9 Å². The van der Waals surface area contributed by atoms with Gasteiger partial charge in [-0.1, -0.05) is 13.8 Å². The second kappa shape index (κ2) is 3.77. The van der Waals surface area contributed by atoms with Gasteiger partial charge in [0.15, 0.2) is 11.9 Å². The first-order valence-corrected chi connectivity index (χ1v) is 5.69. The van der Waals surface area contributed by atoms with Crippen LogP contribution in [0.4, 0.5) is 0 Å². The Morgan fingerprint density at radius 1 is 1.59 bits per heavy atom. The molecule has 1 fully saturated rings. The van der Waals surface area contributed by atoms with E-state index in [4.69, 9.17) is 4.74 Å². The molecule has 2 unspecified atom stereocenters. The third-order valence-corrected chi connectivity index (χ3v) is 3.33. The van der Waals surface area contributed by atoms with Gasteiger partial charge in [-0.3, -0.25) is 14.4 Å². The molecule has 0 saturated carbocycles. The highest BCUT2D eigenvalue weighted by atomic mass is 16.6. The highest BCUT2D eigenvalue weighted by Crippen LogP contribution is 2.42. The third kappa shape index (κ3) is 1.61. The first kappa shape index (κ1) is 12.0. The summed E-state index contributed by atoms with van der Waals surface area (Å²) in [5.74, 6) is -1.33. The summed E-state index contributed by atoms with van der Waals surface area (Å²) in [6, 6.07) is 0. The maximum Gasteiger partial charge on any atom is 0.267 e. The van der Waals surface area contributed by atoms with Crippen molar-refractivity contribution in [2.24, 2.45) is 5.92 Å². The molecule has 1 amide bonds. The Morgan fingerprint density at radius 2 is 2.24 bits per heavy atom. The third-order valence-electron chi connectivity index (χ3n) is 3.33. The SMILES string of the molecule is CCC(C)C(=O)[C@H]1OC12C(=O)C=C(C)NC2=O. The summed E-state index contributed by atoms with van der Waals surface area (Å²) in [7, 11) is 0. The van der Waals surface area contributed by atoms with Gasteiger partial charge in [0.25, 0.3) is 5.91 Å². The summed E-state index contributed by atoms with van der Waals surface area (Å²) in [6.45, 7) is 5.27. The van der Waals surface area contributed by atoms with E-state index in [-0.39, 0.29) is 11.7 Å². The molecule has 0 aromatic carbocycles. The molecular formula is C12H15NO4. The van der Waals surface area contributed by atoms with Gasteiger partial charge >= 0.3 is 0 Å². The number of hydrogen-bond acceptors (Lipinski definition) is 4. The zero-order chi connectivity index (χ0) is 12.8. The van der Waals surface area contributed by atoms with Crippen LogP contribution in [0.2, 0.25) is 0 Å². The van der Waals surface area contributed by atoms with Crippen LogP contribution in [-0.2, 0) is 19.1 Å². The Labute approximate surface area is 99.2 Å². The standard InChI is InChI=1S/C12H15NO4/c1-4-6(2)9(15)10-12(17-10)8(14)5-7(3)13-11(12)16/h5-6,10H,4H2,1-3H3,(H,13,16)/t6?,10-,12?/m1/s1. The Bertz CT molecular complexity index is 440. The van der Waals surface area contributed by atoms with Crippen LogP contribution in [0, 0.1) is 5.92 Å². The number of amides is 1. The predicted molar refractivity (Wildman–Crippen MR) is 59.0 cm³/mol. The number of ketones is 2. The molecule has 0 aliphatic carbocycles. The van der Waals surface area contributed by atoms with Crippen LogP contribution in [0.15, 0.2) is 11.8 Å². The Balaban J connectivity index is 2.22. The van der Waals surface area contributed by atoms with E-state index in [9.17, 15) is 14.4 Å². The van der Waals surface area contributed by atoms with Crippen molar-refractivity contribution in [3.8, 4) is 0 Å². The van der Waals surface area contributed by atoms with E-state index in [1.54, 1.807) is 13.8 Å². The van der Waals surface area contributed by atoms with E-state index < -0.39 is 23.4 Å². The summed E-state index contributed by atoms with van der Waals surface area (Å²) in [6.07, 6.45) is 1.07. The van der Waals surface area contributed by atoms with E-state index in [2.05, 4.69) is 5.32 Å². The van der Waals surface area contributed by atoms with Gasteiger partial charge in [0.05, 0.1) is 0 Å². The molecule has 2 heterocycles. The van der Waals surface area contributed by atoms with Gasteiger partial charge in [-0.05, 0) is 13.3 Å². The van der Waals surface area contributed by atoms with Crippen molar-refractivity contribution in [3.63, 3.8) is 0 Å². The topological polar surface area (TPSA) is 75.8 Å². The molecule has 1 saturated heterocycles. The molecule has 0 radical (unpaired) electrons. The van der Waals surface area contributed by atoms with Crippen molar-refractivity contribution in [2.75, 3.05) is 0 Å². The summed E-state index contributed by atoms with van der Waals surface area (Å²) in [4.78, 5) is 35.5. The second-order valence-corrected chi connectivity index (χ2v) is 4.59. The van der Waals surface area contributed by atoms with Crippen LogP contribution < -0.4 is 5.32 Å². The van der Waals surface area contributed by atoms with Crippen LogP contribution >= 0.6 is 0 Å². The molecule has 2 rings (SSSR count). The van der Waals surface area contributed by atoms with Crippen molar-refractivity contribution in [1.29, 1.82) is 0 Å². The number of carbonyl (C=O) groups is 3. The molecular weight excluding hydrogens is 222 g/mol. The normalized spacial score (nSPS) is 33.1. The minimum absolute atomic E-state index is 0.177. The number of Topliss-reactive ketones (excluding diaryl/α,β-unsaturated/α-hetero) is 1. The quantitative estimate of drug-likeness (QED) is 0.567. The molecule has 5 nitrogen and oxygen atoms in total. The van der Waals surface area contributed by atoms with Gasteiger partial charge in [-0.15, -0.1) is 0 Å². The number of ether oxygens (including phenoxy) is 1. The largest absolute Gasteiger partial charge is 0.339 e. The molecule has 0 aromatic rings. The molecule has 1 spiro atoms. The van der Waals surface area contributed by atoms with Crippen LogP contribution in [-0.4, -0.2) is 29.2 Å². The number of carbonyl (C=O) groups excluding carboxylic acids is 3. The van der Waals surface area contributed by atoms with Crippen molar-refractivity contribution < 1.29 is 19.1 Å². The molecule has 5 heteroatoms. The molecule has 1 N–H and O–H groups in total. The number of rotatable bonds is 3. The lowest BCUT2D eigenvalue weighted by Crippen LogP contribution is -2.49. The lowest BCUT2D eigenvalue weighted by molar-refractivity contribution is -0.134. The van der Waals surface area contributed by atoms with E-state index in [0.717, 1.165) is 0 Å². The molecule has 92 valence electrons. The van der Waals surface area contributed by atoms with E-state index in [1.165, 1.54) is 6.08 Å². The second-order valence-electron chi connectivity index (χ2n) is 4.59. The van der Waals surface area contributed by atoms with Crippen molar-refractivity contribution in [3.05, 3.63) is 11.8 Å². The minimum Gasteiger partial charge on any atom is -0.339 e. The minimum atomic E-state index is -1.57. The first-order chi connectivity index (χ1) is 7.93. The number of epoxide rings is 1. The fourth-order valence-corrected chi connectivity index (χ4v) is 1.95. The van der Waals surface area contributed by atoms with Gasteiger partial charge in [-0.2, -0.15) is 0 Å². The average molecular weight is 237 g/mol. The number of hydrogen-bond donors (Lipinski definition) is 1. The lowest BCUT2D eigenvalue weighted by Gasteiger charge is -2.16. The van der Waals surface area contributed by atoms with Gasteiger partial charge in [0.1, 0.15) is 0 Å². The van der Waals surface area contributed by atoms with Crippen molar-refractivity contribution >= 4 is 17.5 Å². The zero-order valence-corrected chi connectivity index (χ0v) is 10.1. The van der Waals surface area contributed by atoms with Crippen LogP contribution in [0.3, 0.4) is 0 Å². The lowest BCUT2D eigenvalue weighted by atomic mass is 9.88. The zero-order valence-electron chi connectivity index (χ0n) is 10.1. The van der Waals surface area contributed by atoms with Crippen LogP contribution in [0.5, 0.6) is 0 Å². The van der Waals surface area contributed by atoms with Crippen molar-refractivity contribution in [1.82, 2.24) is 5.32 Å². The summed E-state index contributed by atoms with van der Waals surface area (Å²) < 4.78 is 5.15. The Morgan fingerprint density at radius 3 is 2.76 bits per heavy atom. The van der Waals surface area contributed by atoms with Gasteiger partial charge < -0.3 is 10.1 Å². The number of allylic oxidation sites excluding steroid dienone is 1. The predicted octanol–water partition coefficient (Wildman–Crippen LogP) is 0.342. The molecule has 0 aromatic heterocycles. The summed E-state index contributed by atoms with van der Waals surface area (Å²) in [5.41, 5.74) is -1.09. The van der Waals surface area contributed by atoms with E-state index >= 15 is 0 Å². The number of nitrogens with one attached hydrogen (secondary N) is 1. The fraction of sp³-hybridized carbons (Fsp3) is 0.583. The smallest absolute Gasteiger partial charge is 0.267 e. The van der Waals surface area contributed by atoms with Crippen LogP contribution in [0.25, 0.3) is 0 Å². The molecule has 3 atom stereocenters. The molecule has 0 bridgehead atoms. The maximum atomic E-state index is 11.9. The van der Waals surface area contributed by atoms with Gasteiger partial charge in [0.2, 0.25) is 11.4 Å².